The third-order valence-corrected chi connectivity index (χ3v) is 5.98. The normalized spacial score (nSPS) is 14.0. The number of piperazine rings is 1. The van der Waals surface area contributed by atoms with Crippen molar-refractivity contribution in [2.45, 2.75) is 6.92 Å². The monoisotopic (exact) mass is 480 g/mol. The number of para-hydroxylation sites is 1. The lowest BCUT2D eigenvalue weighted by atomic mass is 10.1. The Balaban J connectivity index is 1.32. The van der Waals surface area contributed by atoms with Gasteiger partial charge in [0, 0.05) is 37.4 Å². The number of aryl methyl sites for hydroxylation is 1. The van der Waals surface area contributed by atoms with Crippen LogP contribution in [0.3, 0.4) is 0 Å². The summed E-state index contributed by atoms with van der Waals surface area (Å²) < 4.78 is 5.13. The third-order valence-electron chi connectivity index (χ3n) is 5.65. The fraction of sp³-hybridized carbons (Fsp3) is 0.240. The van der Waals surface area contributed by atoms with E-state index in [0.717, 1.165) is 5.56 Å². The van der Waals surface area contributed by atoms with E-state index >= 15 is 0 Å². The number of benzene rings is 2. The summed E-state index contributed by atoms with van der Waals surface area (Å²) in [5.74, 6) is -0.441. The molecule has 0 aliphatic carbocycles. The molecule has 0 atom stereocenters. The van der Waals surface area contributed by atoms with Crippen LogP contribution in [0.5, 0.6) is 0 Å². The Labute approximate surface area is 202 Å². The molecule has 0 bridgehead atoms. The van der Waals surface area contributed by atoms with Gasteiger partial charge in [0.05, 0.1) is 23.5 Å². The van der Waals surface area contributed by atoms with Crippen LogP contribution >= 0.6 is 11.6 Å². The molecule has 2 heterocycles. The fourth-order valence-corrected chi connectivity index (χ4v) is 3.91. The molecule has 2 aromatic carbocycles. The molecule has 4 rings (SSSR count). The van der Waals surface area contributed by atoms with Gasteiger partial charge in [-0.25, -0.2) is 0 Å². The van der Waals surface area contributed by atoms with Crippen LogP contribution in [0, 0.1) is 6.92 Å². The molecule has 2 N–H and O–H groups in total. The van der Waals surface area contributed by atoms with E-state index in [1.54, 1.807) is 53.4 Å². The average molecular weight is 481 g/mol. The lowest BCUT2D eigenvalue weighted by Crippen LogP contribution is -2.50. The maximum absolute atomic E-state index is 13.1. The first-order valence-electron chi connectivity index (χ1n) is 10.9. The molecule has 1 fully saturated rings. The molecule has 1 saturated heterocycles. The van der Waals surface area contributed by atoms with Crippen molar-refractivity contribution in [3.05, 3.63) is 82.8 Å². The minimum atomic E-state index is -0.374. The van der Waals surface area contributed by atoms with Crippen LogP contribution in [0.15, 0.2) is 65.3 Å². The highest BCUT2D eigenvalue weighted by Crippen LogP contribution is 2.21. The summed E-state index contributed by atoms with van der Waals surface area (Å²) in [6, 6.07) is 15.6. The van der Waals surface area contributed by atoms with E-state index in [1.165, 1.54) is 6.26 Å². The van der Waals surface area contributed by atoms with Gasteiger partial charge >= 0.3 is 0 Å². The smallest absolute Gasteiger partial charge is 0.291 e. The maximum atomic E-state index is 13.1. The average Bonchev–Trinajstić information content (AvgIpc) is 3.37. The number of anilines is 2. The van der Waals surface area contributed by atoms with Crippen LogP contribution in [0.2, 0.25) is 5.02 Å². The quantitative estimate of drug-likeness (QED) is 0.558. The second kappa shape index (κ2) is 10.5. The van der Waals surface area contributed by atoms with Crippen LogP contribution in [-0.2, 0) is 4.79 Å². The number of carbonyl (C=O) groups excluding carboxylic acids is 3. The van der Waals surface area contributed by atoms with E-state index in [0.29, 0.717) is 48.1 Å². The minimum absolute atomic E-state index is 0.117. The van der Waals surface area contributed by atoms with E-state index < -0.39 is 0 Å². The number of furan rings is 1. The standard InChI is InChI=1S/C25H25ClN4O4/c1-17-8-9-18(15-21(17)28-24(32)22-7-4-14-34-22)25(33)30-12-10-29(11-13-30)16-23(31)27-20-6-3-2-5-19(20)26/h2-9,14-15H,10-13,16H2,1H3,(H,27,31)(H,28,32). The zero-order valence-electron chi connectivity index (χ0n) is 18.7. The lowest BCUT2D eigenvalue weighted by Gasteiger charge is -2.34. The van der Waals surface area contributed by atoms with Crippen LogP contribution in [0.25, 0.3) is 0 Å². The highest BCUT2D eigenvalue weighted by Gasteiger charge is 2.24. The van der Waals surface area contributed by atoms with Gasteiger partial charge in [-0.2, -0.15) is 0 Å². The molecule has 3 amide bonds. The SMILES string of the molecule is Cc1ccc(C(=O)N2CCN(CC(=O)Nc3ccccc3Cl)CC2)cc1NC(=O)c1ccco1. The summed E-state index contributed by atoms with van der Waals surface area (Å²) in [5.41, 5.74) is 2.47. The highest BCUT2D eigenvalue weighted by atomic mass is 35.5. The van der Waals surface area contributed by atoms with Crippen LogP contribution in [0.1, 0.15) is 26.5 Å². The Morgan fingerprint density at radius 2 is 1.71 bits per heavy atom. The summed E-state index contributed by atoms with van der Waals surface area (Å²) in [6.07, 6.45) is 1.43. The molecule has 3 aromatic rings. The topological polar surface area (TPSA) is 94.9 Å². The number of rotatable bonds is 6. The number of nitrogens with zero attached hydrogens (tertiary/aromatic N) is 2. The zero-order valence-corrected chi connectivity index (χ0v) is 19.5. The van der Waals surface area contributed by atoms with Gasteiger partial charge in [0.1, 0.15) is 0 Å². The summed E-state index contributed by atoms with van der Waals surface area (Å²) in [4.78, 5) is 41.5. The van der Waals surface area contributed by atoms with Gasteiger partial charge in [-0.05, 0) is 48.9 Å². The Bertz CT molecular complexity index is 1190. The van der Waals surface area contributed by atoms with E-state index in [9.17, 15) is 14.4 Å². The fourth-order valence-electron chi connectivity index (χ4n) is 3.73. The number of amides is 3. The molecule has 0 saturated carbocycles. The molecule has 1 aliphatic heterocycles. The molecule has 0 unspecified atom stereocenters. The van der Waals surface area contributed by atoms with Crippen LogP contribution in [0.4, 0.5) is 11.4 Å². The third kappa shape index (κ3) is 5.65. The molecule has 0 spiro atoms. The molecule has 176 valence electrons. The predicted molar refractivity (Wildman–Crippen MR) is 130 cm³/mol. The van der Waals surface area contributed by atoms with Crippen molar-refractivity contribution in [2.24, 2.45) is 0 Å². The molecule has 1 aliphatic rings. The molecular weight excluding hydrogens is 456 g/mol. The van der Waals surface area contributed by atoms with Gasteiger partial charge in [0.2, 0.25) is 5.91 Å². The second-order valence-electron chi connectivity index (χ2n) is 8.06. The van der Waals surface area contributed by atoms with E-state index in [1.807, 2.05) is 17.9 Å². The summed E-state index contributed by atoms with van der Waals surface area (Å²) in [5, 5.41) is 6.11. The zero-order chi connectivity index (χ0) is 24.1. The van der Waals surface area contributed by atoms with Gasteiger partial charge in [-0.15, -0.1) is 0 Å². The Morgan fingerprint density at radius 1 is 0.941 bits per heavy atom. The van der Waals surface area contributed by atoms with E-state index in [4.69, 9.17) is 16.0 Å². The van der Waals surface area contributed by atoms with Gasteiger partial charge in [-0.1, -0.05) is 29.8 Å². The minimum Gasteiger partial charge on any atom is -0.459 e. The molecule has 1 aromatic heterocycles. The number of carbonyl (C=O) groups is 3. The van der Waals surface area contributed by atoms with Crippen molar-refractivity contribution in [3.63, 3.8) is 0 Å². The summed E-state index contributed by atoms with van der Waals surface area (Å²) >= 11 is 6.10. The highest BCUT2D eigenvalue weighted by molar-refractivity contribution is 6.33. The van der Waals surface area contributed by atoms with Gasteiger partial charge in [-0.3, -0.25) is 19.3 Å². The number of nitrogens with one attached hydrogen (secondary N) is 2. The van der Waals surface area contributed by atoms with Crippen LogP contribution in [-0.4, -0.2) is 60.2 Å². The Kier molecular flexibility index (Phi) is 7.30. The Morgan fingerprint density at radius 3 is 2.41 bits per heavy atom. The van der Waals surface area contributed by atoms with Crippen molar-refractivity contribution in [1.82, 2.24) is 9.80 Å². The number of halogens is 1. The van der Waals surface area contributed by atoms with Crippen molar-refractivity contribution < 1.29 is 18.8 Å². The molecule has 34 heavy (non-hydrogen) atoms. The first-order chi connectivity index (χ1) is 16.4. The second-order valence-corrected chi connectivity index (χ2v) is 8.46. The van der Waals surface area contributed by atoms with Gasteiger partial charge < -0.3 is 20.0 Å². The summed E-state index contributed by atoms with van der Waals surface area (Å²) in [7, 11) is 0. The van der Waals surface area contributed by atoms with Crippen molar-refractivity contribution >= 4 is 40.7 Å². The molecule has 8 nitrogen and oxygen atoms in total. The Hall–Kier alpha value is -3.62. The molecule has 0 radical (unpaired) electrons. The van der Waals surface area contributed by atoms with Crippen molar-refractivity contribution in [2.75, 3.05) is 43.4 Å². The number of hydrogen-bond acceptors (Lipinski definition) is 5. The largest absolute Gasteiger partial charge is 0.459 e. The predicted octanol–water partition coefficient (Wildman–Crippen LogP) is 3.89. The molecular formula is C25H25ClN4O4. The first kappa shape index (κ1) is 23.5. The van der Waals surface area contributed by atoms with Gasteiger partial charge in [0.15, 0.2) is 5.76 Å². The van der Waals surface area contributed by atoms with Gasteiger partial charge in [0.25, 0.3) is 11.8 Å². The van der Waals surface area contributed by atoms with E-state index in [2.05, 4.69) is 10.6 Å². The van der Waals surface area contributed by atoms with Crippen molar-refractivity contribution in [3.8, 4) is 0 Å². The molecule has 9 heteroatoms. The first-order valence-corrected chi connectivity index (χ1v) is 11.3. The van der Waals surface area contributed by atoms with Crippen LogP contribution < -0.4 is 10.6 Å². The number of hydrogen-bond donors (Lipinski definition) is 2. The maximum Gasteiger partial charge on any atom is 0.291 e. The summed E-state index contributed by atoms with van der Waals surface area (Å²) in [6.45, 7) is 4.24. The van der Waals surface area contributed by atoms with E-state index in [-0.39, 0.29) is 30.0 Å². The van der Waals surface area contributed by atoms with Crippen molar-refractivity contribution in [1.29, 1.82) is 0 Å². The lowest BCUT2D eigenvalue weighted by molar-refractivity contribution is -0.117.